The molecule has 2 aromatic rings. The van der Waals surface area contributed by atoms with Crippen LogP contribution in [0.4, 0.5) is 10.5 Å². The molecule has 0 bridgehead atoms. The molecule has 0 aliphatic carbocycles. The summed E-state index contributed by atoms with van der Waals surface area (Å²) in [6, 6.07) is 10.8. The molecule has 0 heterocycles. The number of anilines is 1. The fourth-order valence-electron chi connectivity index (χ4n) is 1.81. The van der Waals surface area contributed by atoms with Gasteiger partial charge in [0, 0.05) is 10.2 Å². The topological polar surface area (TPSA) is 62.7 Å². The van der Waals surface area contributed by atoms with Crippen molar-refractivity contribution >= 4 is 56.5 Å². The Bertz CT molecular complexity index is 750. The minimum atomic E-state index is -0.397. The second kappa shape index (κ2) is 8.30. The molecule has 5 nitrogen and oxygen atoms in total. The molecule has 0 aromatic heterocycles. The molecule has 23 heavy (non-hydrogen) atoms. The van der Waals surface area contributed by atoms with Gasteiger partial charge >= 0.3 is 6.03 Å². The zero-order valence-electron chi connectivity index (χ0n) is 12.6. The van der Waals surface area contributed by atoms with Gasteiger partial charge < -0.3 is 10.1 Å². The van der Waals surface area contributed by atoms with Gasteiger partial charge in [-0.05, 0) is 77.0 Å². The summed E-state index contributed by atoms with van der Waals surface area (Å²) in [6.45, 7) is 1.95. The number of ether oxygens (including phenoxy) is 1. The molecule has 7 heteroatoms. The highest BCUT2D eigenvalue weighted by Gasteiger charge is 2.02. The van der Waals surface area contributed by atoms with Crippen molar-refractivity contribution in [2.75, 3.05) is 12.4 Å². The number of halogens is 2. The summed E-state index contributed by atoms with van der Waals surface area (Å²) in [6.07, 6.45) is 1.58. The minimum absolute atomic E-state index is 0.397. The van der Waals surface area contributed by atoms with Crippen LogP contribution in [-0.2, 0) is 0 Å². The van der Waals surface area contributed by atoms with E-state index in [4.69, 9.17) is 4.74 Å². The minimum Gasteiger partial charge on any atom is -0.496 e. The largest absolute Gasteiger partial charge is 0.496 e. The van der Waals surface area contributed by atoms with Crippen LogP contribution in [-0.4, -0.2) is 19.4 Å². The second-order valence-electron chi connectivity index (χ2n) is 4.68. The number of amides is 2. The normalized spacial score (nSPS) is 10.6. The van der Waals surface area contributed by atoms with Crippen LogP contribution in [0, 0.1) is 10.5 Å². The van der Waals surface area contributed by atoms with E-state index in [0.717, 1.165) is 24.9 Å². The van der Waals surface area contributed by atoms with Gasteiger partial charge in [-0.1, -0.05) is 15.9 Å². The Morgan fingerprint density at radius 3 is 2.74 bits per heavy atom. The van der Waals surface area contributed by atoms with Gasteiger partial charge in [-0.25, -0.2) is 10.2 Å². The van der Waals surface area contributed by atoms with Crippen LogP contribution in [0.1, 0.15) is 11.1 Å². The van der Waals surface area contributed by atoms with Crippen molar-refractivity contribution in [3.05, 3.63) is 55.6 Å². The number of benzene rings is 2. The Hall–Kier alpha value is -1.61. The number of urea groups is 1. The van der Waals surface area contributed by atoms with Crippen molar-refractivity contribution in [2.45, 2.75) is 6.92 Å². The first-order valence-corrected chi connectivity index (χ1v) is 8.56. The van der Waals surface area contributed by atoms with Crippen LogP contribution >= 0.6 is 38.5 Å². The first-order chi connectivity index (χ1) is 11.0. The number of aryl methyl sites for hydroxylation is 1. The molecule has 0 unspecified atom stereocenters. The quantitative estimate of drug-likeness (QED) is 0.378. The van der Waals surface area contributed by atoms with Crippen LogP contribution in [0.5, 0.6) is 5.75 Å². The molecule has 2 rings (SSSR count). The summed E-state index contributed by atoms with van der Waals surface area (Å²) in [4.78, 5) is 11.8. The standard InChI is InChI=1S/C16H15BrIN3O2/c1-10-7-12(4-5-13(10)17)20-16(22)21-19-9-11-3-6-15(23-2)14(18)8-11/h3-9H,1-2H3,(H2,20,21,22)/b19-9+. The number of carbonyl (C=O) groups excluding carboxylic acids is 1. The number of methoxy groups -OCH3 is 1. The van der Waals surface area contributed by atoms with Gasteiger partial charge in [-0.3, -0.25) is 0 Å². The number of nitrogens with one attached hydrogen (secondary N) is 2. The van der Waals surface area contributed by atoms with Crippen molar-refractivity contribution in [1.82, 2.24) is 5.43 Å². The molecule has 2 aromatic carbocycles. The van der Waals surface area contributed by atoms with Gasteiger partial charge in [-0.2, -0.15) is 5.10 Å². The molecule has 2 N–H and O–H groups in total. The van der Waals surface area contributed by atoms with Crippen LogP contribution < -0.4 is 15.5 Å². The Morgan fingerprint density at radius 2 is 2.09 bits per heavy atom. The molecule has 0 radical (unpaired) electrons. The van der Waals surface area contributed by atoms with Gasteiger partial charge in [0.1, 0.15) is 5.75 Å². The van der Waals surface area contributed by atoms with E-state index in [1.165, 1.54) is 0 Å². The zero-order chi connectivity index (χ0) is 16.8. The van der Waals surface area contributed by atoms with E-state index >= 15 is 0 Å². The average Bonchev–Trinajstić information content (AvgIpc) is 2.51. The Labute approximate surface area is 156 Å². The van der Waals surface area contributed by atoms with E-state index in [1.807, 2.05) is 43.3 Å². The third kappa shape index (κ3) is 5.21. The summed E-state index contributed by atoms with van der Waals surface area (Å²) >= 11 is 5.60. The third-order valence-corrected chi connectivity index (χ3v) is 4.70. The highest BCUT2D eigenvalue weighted by atomic mass is 127. The number of rotatable bonds is 4. The van der Waals surface area contributed by atoms with Crippen molar-refractivity contribution in [2.24, 2.45) is 5.10 Å². The maximum atomic E-state index is 11.8. The van der Waals surface area contributed by atoms with Crippen LogP contribution in [0.3, 0.4) is 0 Å². The molecular formula is C16H15BrIN3O2. The highest BCUT2D eigenvalue weighted by Crippen LogP contribution is 2.21. The SMILES string of the molecule is COc1ccc(/C=N/NC(=O)Nc2ccc(Br)c(C)c2)cc1I. The van der Waals surface area contributed by atoms with Crippen molar-refractivity contribution in [1.29, 1.82) is 0 Å². The number of hydrogen-bond donors (Lipinski definition) is 2. The molecule has 0 saturated carbocycles. The summed E-state index contributed by atoms with van der Waals surface area (Å²) in [5.74, 6) is 0.805. The lowest BCUT2D eigenvalue weighted by atomic mass is 10.2. The molecular weight excluding hydrogens is 473 g/mol. The fourth-order valence-corrected chi connectivity index (χ4v) is 2.82. The molecule has 0 saturated heterocycles. The first kappa shape index (κ1) is 17.7. The van der Waals surface area contributed by atoms with E-state index in [-0.39, 0.29) is 0 Å². The van der Waals surface area contributed by atoms with Crippen molar-refractivity contribution in [3.8, 4) is 5.75 Å². The van der Waals surface area contributed by atoms with Crippen molar-refractivity contribution < 1.29 is 9.53 Å². The average molecular weight is 488 g/mol. The first-order valence-electron chi connectivity index (χ1n) is 6.69. The molecule has 2 amide bonds. The number of nitrogens with zero attached hydrogens (tertiary/aromatic N) is 1. The molecule has 0 spiro atoms. The van der Waals surface area contributed by atoms with Gasteiger partial charge in [0.05, 0.1) is 16.9 Å². The van der Waals surface area contributed by atoms with E-state index in [9.17, 15) is 4.79 Å². The van der Waals surface area contributed by atoms with E-state index < -0.39 is 6.03 Å². The lowest BCUT2D eigenvalue weighted by molar-refractivity contribution is 0.252. The zero-order valence-corrected chi connectivity index (χ0v) is 16.3. The van der Waals surface area contributed by atoms with Crippen LogP contribution in [0.15, 0.2) is 46.0 Å². The van der Waals surface area contributed by atoms with Crippen LogP contribution in [0.25, 0.3) is 0 Å². The predicted molar refractivity (Wildman–Crippen MR) is 104 cm³/mol. The van der Waals surface area contributed by atoms with Gasteiger partial charge in [-0.15, -0.1) is 0 Å². The summed E-state index contributed by atoms with van der Waals surface area (Å²) in [5.41, 5.74) is 5.05. The van der Waals surface area contributed by atoms with E-state index in [0.29, 0.717) is 5.69 Å². The number of hydrazone groups is 1. The molecule has 0 aliphatic rings. The monoisotopic (exact) mass is 487 g/mol. The second-order valence-corrected chi connectivity index (χ2v) is 6.70. The molecule has 0 atom stereocenters. The lowest BCUT2D eigenvalue weighted by Gasteiger charge is -2.06. The lowest BCUT2D eigenvalue weighted by Crippen LogP contribution is -2.24. The van der Waals surface area contributed by atoms with Crippen LogP contribution in [0.2, 0.25) is 0 Å². The molecule has 120 valence electrons. The highest BCUT2D eigenvalue weighted by molar-refractivity contribution is 14.1. The smallest absolute Gasteiger partial charge is 0.339 e. The molecule has 0 aliphatic heterocycles. The number of carbonyl (C=O) groups is 1. The maximum Gasteiger partial charge on any atom is 0.339 e. The van der Waals surface area contributed by atoms with Gasteiger partial charge in [0.15, 0.2) is 0 Å². The Kier molecular flexibility index (Phi) is 6.40. The van der Waals surface area contributed by atoms with E-state index in [1.54, 1.807) is 13.3 Å². The summed E-state index contributed by atoms with van der Waals surface area (Å²) < 4.78 is 7.16. The summed E-state index contributed by atoms with van der Waals surface area (Å²) in [7, 11) is 1.63. The number of hydrogen-bond acceptors (Lipinski definition) is 3. The van der Waals surface area contributed by atoms with Gasteiger partial charge in [0.2, 0.25) is 0 Å². The Balaban J connectivity index is 1.93. The van der Waals surface area contributed by atoms with E-state index in [2.05, 4.69) is 54.4 Å². The van der Waals surface area contributed by atoms with Gasteiger partial charge in [0.25, 0.3) is 0 Å². The summed E-state index contributed by atoms with van der Waals surface area (Å²) in [5, 5.41) is 6.65. The third-order valence-electron chi connectivity index (χ3n) is 2.97. The molecule has 0 fully saturated rings. The predicted octanol–water partition coefficient (Wildman–Crippen LogP) is 4.53. The van der Waals surface area contributed by atoms with Crippen molar-refractivity contribution in [3.63, 3.8) is 0 Å². The maximum absolute atomic E-state index is 11.8. The Morgan fingerprint density at radius 1 is 1.30 bits per heavy atom. The fraction of sp³-hybridized carbons (Fsp3) is 0.125.